The SMILES string of the molecule is CC(C)OCCCNC(=O)c1cccnc1N1CCN(C(=O)c2ccco2)CC1. The summed E-state index contributed by atoms with van der Waals surface area (Å²) in [5.41, 5.74) is 0.545. The summed E-state index contributed by atoms with van der Waals surface area (Å²) in [6, 6.07) is 6.92. The Labute approximate surface area is 170 Å². The van der Waals surface area contributed by atoms with Crippen LogP contribution >= 0.6 is 0 Å². The third-order valence-electron chi connectivity index (χ3n) is 4.69. The van der Waals surface area contributed by atoms with E-state index < -0.39 is 0 Å². The molecule has 8 heteroatoms. The van der Waals surface area contributed by atoms with Crippen LogP contribution in [0.15, 0.2) is 41.1 Å². The summed E-state index contributed by atoms with van der Waals surface area (Å²) in [6.07, 6.45) is 4.13. The van der Waals surface area contributed by atoms with E-state index in [0.29, 0.717) is 56.5 Å². The van der Waals surface area contributed by atoms with Crippen LogP contribution in [0.1, 0.15) is 41.2 Å². The molecule has 2 aromatic rings. The van der Waals surface area contributed by atoms with Crippen molar-refractivity contribution in [1.82, 2.24) is 15.2 Å². The van der Waals surface area contributed by atoms with Crippen molar-refractivity contribution in [3.63, 3.8) is 0 Å². The molecule has 0 radical (unpaired) electrons. The largest absolute Gasteiger partial charge is 0.459 e. The molecule has 0 saturated carbocycles. The second-order valence-corrected chi connectivity index (χ2v) is 7.16. The number of rotatable bonds is 8. The maximum absolute atomic E-state index is 12.6. The van der Waals surface area contributed by atoms with Crippen molar-refractivity contribution < 1.29 is 18.7 Å². The van der Waals surface area contributed by atoms with Gasteiger partial charge in [-0.15, -0.1) is 0 Å². The van der Waals surface area contributed by atoms with Crippen LogP contribution in [0.5, 0.6) is 0 Å². The molecule has 0 spiro atoms. The molecule has 0 unspecified atom stereocenters. The molecular weight excluding hydrogens is 372 g/mol. The summed E-state index contributed by atoms with van der Waals surface area (Å²) < 4.78 is 10.7. The van der Waals surface area contributed by atoms with Crippen molar-refractivity contribution >= 4 is 17.6 Å². The van der Waals surface area contributed by atoms with Crippen molar-refractivity contribution in [2.45, 2.75) is 26.4 Å². The smallest absolute Gasteiger partial charge is 0.289 e. The maximum atomic E-state index is 12.6. The molecular formula is C21H28N4O4. The van der Waals surface area contributed by atoms with Crippen molar-refractivity contribution in [2.24, 2.45) is 0 Å². The topological polar surface area (TPSA) is 87.9 Å². The van der Waals surface area contributed by atoms with Gasteiger partial charge in [0.2, 0.25) is 0 Å². The predicted octanol–water partition coefficient (Wildman–Crippen LogP) is 2.18. The zero-order valence-corrected chi connectivity index (χ0v) is 17.0. The highest BCUT2D eigenvalue weighted by Crippen LogP contribution is 2.20. The summed E-state index contributed by atoms with van der Waals surface area (Å²) in [4.78, 5) is 33.3. The van der Waals surface area contributed by atoms with Gasteiger partial charge in [-0.2, -0.15) is 0 Å². The molecule has 1 aliphatic rings. The number of hydrogen-bond donors (Lipinski definition) is 1. The second kappa shape index (κ2) is 10.1. The molecule has 0 aromatic carbocycles. The number of ether oxygens (including phenoxy) is 1. The van der Waals surface area contributed by atoms with Crippen LogP contribution in [0.25, 0.3) is 0 Å². The number of pyridine rings is 1. The summed E-state index contributed by atoms with van der Waals surface area (Å²) >= 11 is 0. The maximum Gasteiger partial charge on any atom is 0.289 e. The van der Waals surface area contributed by atoms with Crippen molar-refractivity contribution in [2.75, 3.05) is 44.2 Å². The Kier molecular flexibility index (Phi) is 7.24. The minimum absolute atomic E-state index is 0.114. The molecule has 0 atom stereocenters. The Balaban J connectivity index is 1.55. The van der Waals surface area contributed by atoms with E-state index in [1.54, 1.807) is 35.4 Å². The van der Waals surface area contributed by atoms with E-state index in [1.807, 2.05) is 18.7 Å². The quantitative estimate of drug-likeness (QED) is 0.684. The number of furan rings is 1. The molecule has 0 bridgehead atoms. The Hall–Kier alpha value is -2.87. The Bertz CT molecular complexity index is 799. The fourth-order valence-corrected chi connectivity index (χ4v) is 3.19. The Morgan fingerprint density at radius 1 is 1.21 bits per heavy atom. The third-order valence-corrected chi connectivity index (χ3v) is 4.69. The van der Waals surface area contributed by atoms with E-state index in [9.17, 15) is 9.59 Å². The lowest BCUT2D eigenvalue weighted by atomic mass is 10.2. The summed E-state index contributed by atoms with van der Waals surface area (Å²) in [5.74, 6) is 0.732. The number of hydrogen-bond acceptors (Lipinski definition) is 6. The molecule has 1 aliphatic heterocycles. The van der Waals surface area contributed by atoms with Crippen LogP contribution in [0, 0.1) is 0 Å². The molecule has 2 aromatic heterocycles. The molecule has 1 fully saturated rings. The number of nitrogens with zero attached hydrogens (tertiary/aromatic N) is 3. The lowest BCUT2D eigenvalue weighted by molar-refractivity contribution is 0.0712. The van der Waals surface area contributed by atoms with Gasteiger partial charge in [-0.05, 0) is 44.5 Å². The number of aromatic nitrogens is 1. The minimum atomic E-state index is -0.147. The van der Waals surface area contributed by atoms with Crippen molar-refractivity contribution in [3.05, 3.63) is 48.0 Å². The minimum Gasteiger partial charge on any atom is -0.459 e. The van der Waals surface area contributed by atoms with Gasteiger partial charge in [0.05, 0.1) is 17.9 Å². The molecule has 1 saturated heterocycles. The third kappa shape index (κ3) is 5.57. The van der Waals surface area contributed by atoms with E-state index in [4.69, 9.17) is 9.15 Å². The zero-order chi connectivity index (χ0) is 20.6. The zero-order valence-electron chi connectivity index (χ0n) is 17.0. The first kappa shape index (κ1) is 20.9. The highest BCUT2D eigenvalue weighted by Gasteiger charge is 2.26. The lowest BCUT2D eigenvalue weighted by Crippen LogP contribution is -2.49. The van der Waals surface area contributed by atoms with Crippen LogP contribution in [0.3, 0.4) is 0 Å². The number of nitrogens with one attached hydrogen (secondary N) is 1. The summed E-state index contributed by atoms with van der Waals surface area (Å²) in [7, 11) is 0. The van der Waals surface area contributed by atoms with Crippen molar-refractivity contribution in [1.29, 1.82) is 0 Å². The van der Waals surface area contributed by atoms with Crippen LogP contribution in [0.2, 0.25) is 0 Å². The molecule has 3 rings (SSSR count). The Morgan fingerprint density at radius 2 is 2.00 bits per heavy atom. The molecule has 2 amide bonds. The molecule has 8 nitrogen and oxygen atoms in total. The van der Waals surface area contributed by atoms with Gasteiger partial charge in [-0.1, -0.05) is 0 Å². The summed E-state index contributed by atoms with van der Waals surface area (Å²) in [5, 5.41) is 2.94. The van der Waals surface area contributed by atoms with Gasteiger partial charge in [0.1, 0.15) is 5.82 Å². The van der Waals surface area contributed by atoms with Crippen molar-refractivity contribution in [3.8, 4) is 0 Å². The average Bonchev–Trinajstić information content (AvgIpc) is 3.27. The fourth-order valence-electron chi connectivity index (χ4n) is 3.19. The highest BCUT2D eigenvalue weighted by molar-refractivity contribution is 5.99. The van der Waals surface area contributed by atoms with Gasteiger partial charge in [-0.25, -0.2) is 4.98 Å². The van der Waals surface area contributed by atoms with Gasteiger partial charge < -0.3 is 24.3 Å². The van der Waals surface area contributed by atoms with Gasteiger partial charge in [0, 0.05) is 45.5 Å². The van der Waals surface area contributed by atoms with Gasteiger partial charge >= 0.3 is 0 Å². The predicted molar refractivity (Wildman–Crippen MR) is 109 cm³/mol. The fraction of sp³-hybridized carbons (Fsp3) is 0.476. The lowest BCUT2D eigenvalue weighted by Gasteiger charge is -2.35. The standard InChI is InChI=1S/C21H28N4O4/c1-16(2)28-15-5-9-23-20(26)17-6-3-8-22-19(17)24-10-12-25(13-11-24)21(27)18-7-4-14-29-18/h3-4,6-8,14,16H,5,9-13,15H2,1-2H3,(H,23,26). The van der Waals surface area contributed by atoms with Crippen LogP contribution in [-0.2, 0) is 4.74 Å². The molecule has 1 N–H and O–H groups in total. The highest BCUT2D eigenvalue weighted by atomic mass is 16.5. The monoisotopic (exact) mass is 400 g/mol. The van der Waals surface area contributed by atoms with Gasteiger partial charge in [0.25, 0.3) is 11.8 Å². The summed E-state index contributed by atoms with van der Waals surface area (Å²) in [6.45, 7) is 7.44. The van der Waals surface area contributed by atoms with E-state index in [-0.39, 0.29) is 17.9 Å². The van der Waals surface area contributed by atoms with E-state index in [0.717, 1.165) is 6.42 Å². The molecule has 156 valence electrons. The van der Waals surface area contributed by atoms with Gasteiger partial charge in [-0.3, -0.25) is 9.59 Å². The van der Waals surface area contributed by atoms with Crippen LogP contribution in [0.4, 0.5) is 5.82 Å². The van der Waals surface area contributed by atoms with E-state index in [2.05, 4.69) is 10.3 Å². The number of carbonyl (C=O) groups excluding carboxylic acids is 2. The number of carbonyl (C=O) groups is 2. The number of amides is 2. The number of piperazine rings is 1. The Morgan fingerprint density at radius 3 is 2.69 bits per heavy atom. The first-order valence-electron chi connectivity index (χ1n) is 9.99. The van der Waals surface area contributed by atoms with E-state index >= 15 is 0 Å². The normalized spacial score (nSPS) is 14.3. The second-order valence-electron chi connectivity index (χ2n) is 7.16. The molecule has 0 aliphatic carbocycles. The van der Waals surface area contributed by atoms with Gasteiger partial charge in [0.15, 0.2) is 5.76 Å². The first-order chi connectivity index (χ1) is 14.1. The molecule has 3 heterocycles. The number of anilines is 1. The van der Waals surface area contributed by atoms with Crippen LogP contribution in [-0.4, -0.2) is 67.1 Å². The van der Waals surface area contributed by atoms with Crippen LogP contribution < -0.4 is 10.2 Å². The average molecular weight is 400 g/mol. The first-order valence-corrected chi connectivity index (χ1v) is 9.99. The van der Waals surface area contributed by atoms with E-state index in [1.165, 1.54) is 6.26 Å². The molecule has 29 heavy (non-hydrogen) atoms.